The molecule has 1 unspecified atom stereocenters. The van der Waals surface area contributed by atoms with Crippen molar-refractivity contribution in [2.45, 2.75) is 58.2 Å². The lowest BCUT2D eigenvalue weighted by Crippen LogP contribution is -2.52. The van der Waals surface area contributed by atoms with Crippen LogP contribution in [0.5, 0.6) is 0 Å². The first kappa shape index (κ1) is 22.0. The molecule has 0 radical (unpaired) electrons. The molecule has 0 spiro atoms. The van der Waals surface area contributed by atoms with Crippen LogP contribution < -0.4 is 5.32 Å². The molecular weight excluding hydrogens is 406 g/mol. The van der Waals surface area contributed by atoms with Gasteiger partial charge in [0.2, 0.25) is 5.91 Å². The van der Waals surface area contributed by atoms with Crippen molar-refractivity contribution in [3.05, 3.63) is 53.3 Å². The van der Waals surface area contributed by atoms with Crippen LogP contribution >= 0.6 is 0 Å². The summed E-state index contributed by atoms with van der Waals surface area (Å²) >= 11 is 0. The highest BCUT2D eigenvalue weighted by atomic mass is 16.2. The Bertz CT molecular complexity index is 971. The minimum absolute atomic E-state index is 0.106. The number of rotatable bonds is 6. The van der Waals surface area contributed by atoms with Crippen LogP contribution in [0.1, 0.15) is 65.6 Å². The number of aromatic nitrogens is 2. The summed E-state index contributed by atoms with van der Waals surface area (Å²) < 4.78 is 1.65. The minimum Gasteiger partial charge on any atom is -0.354 e. The van der Waals surface area contributed by atoms with Gasteiger partial charge in [0.15, 0.2) is 5.69 Å². The van der Waals surface area contributed by atoms with Crippen LogP contribution in [0, 0.1) is 0 Å². The van der Waals surface area contributed by atoms with E-state index in [9.17, 15) is 14.4 Å². The molecule has 3 heterocycles. The molecule has 0 bridgehead atoms. The molecule has 32 heavy (non-hydrogen) atoms. The number of amides is 3. The predicted octanol–water partition coefficient (Wildman–Crippen LogP) is 2.45. The molecule has 3 amide bonds. The number of piperidine rings is 1. The normalized spacial score (nSPS) is 18.8. The molecule has 2 aromatic rings. The second kappa shape index (κ2) is 9.97. The second-order valence-corrected chi connectivity index (χ2v) is 8.50. The van der Waals surface area contributed by atoms with Gasteiger partial charge >= 0.3 is 0 Å². The van der Waals surface area contributed by atoms with Crippen molar-refractivity contribution >= 4 is 17.7 Å². The summed E-state index contributed by atoms with van der Waals surface area (Å²) in [4.78, 5) is 42.6. The number of carbonyl (C=O) groups is 3. The first-order valence-electron chi connectivity index (χ1n) is 11.6. The van der Waals surface area contributed by atoms with E-state index in [0.717, 1.165) is 31.2 Å². The summed E-state index contributed by atoms with van der Waals surface area (Å²) in [5, 5.41) is 7.39. The Morgan fingerprint density at radius 1 is 1.09 bits per heavy atom. The Morgan fingerprint density at radius 2 is 1.91 bits per heavy atom. The molecule has 0 saturated carbocycles. The lowest BCUT2D eigenvalue weighted by molar-refractivity contribution is -0.126. The van der Waals surface area contributed by atoms with Crippen molar-refractivity contribution in [3.8, 4) is 0 Å². The van der Waals surface area contributed by atoms with Gasteiger partial charge in [-0.25, -0.2) is 0 Å². The predicted molar refractivity (Wildman–Crippen MR) is 120 cm³/mol. The molecule has 8 heteroatoms. The summed E-state index contributed by atoms with van der Waals surface area (Å²) in [6.07, 6.45) is 4.05. The Labute approximate surface area is 188 Å². The van der Waals surface area contributed by atoms with Crippen LogP contribution in [0.25, 0.3) is 0 Å². The Morgan fingerprint density at radius 3 is 2.69 bits per heavy atom. The average molecular weight is 438 g/mol. The second-order valence-electron chi connectivity index (χ2n) is 8.50. The number of benzene rings is 1. The van der Waals surface area contributed by atoms with E-state index in [1.807, 2.05) is 42.2 Å². The third-order valence-corrected chi connectivity index (χ3v) is 6.14. The van der Waals surface area contributed by atoms with Gasteiger partial charge in [-0.15, -0.1) is 0 Å². The largest absolute Gasteiger partial charge is 0.354 e. The molecule has 1 atom stereocenters. The maximum atomic E-state index is 13.3. The van der Waals surface area contributed by atoms with Crippen LogP contribution in [0.3, 0.4) is 0 Å². The number of likely N-dealkylation sites (tertiary alicyclic amines) is 1. The molecule has 170 valence electrons. The Kier molecular flexibility index (Phi) is 6.87. The van der Waals surface area contributed by atoms with Crippen molar-refractivity contribution < 1.29 is 14.4 Å². The van der Waals surface area contributed by atoms with E-state index in [-0.39, 0.29) is 23.4 Å². The first-order chi connectivity index (χ1) is 15.6. The smallest absolute Gasteiger partial charge is 0.275 e. The fraction of sp³-hybridized carbons (Fsp3) is 0.500. The Balaban J connectivity index is 1.53. The van der Waals surface area contributed by atoms with Crippen molar-refractivity contribution in [2.75, 3.05) is 19.6 Å². The van der Waals surface area contributed by atoms with Crippen molar-refractivity contribution in [2.24, 2.45) is 0 Å². The number of aryl methyl sites for hydroxylation is 1. The lowest BCUT2D eigenvalue weighted by Gasteiger charge is -2.34. The zero-order chi connectivity index (χ0) is 22.5. The minimum atomic E-state index is -0.477. The average Bonchev–Trinajstić information content (AvgIpc) is 3.20. The van der Waals surface area contributed by atoms with E-state index >= 15 is 0 Å². The van der Waals surface area contributed by atoms with E-state index in [1.165, 1.54) is 0 Å². The van der Waals surface area contributed by atoms with E-state index in [1.54, 1.807) is 15.6 Å². The van der Waals surface area contributed by atoms with Gasteiger partial charge in [0, 0.05) is 38.8 Å². The number of hydrogen-bond acceptors (Lipinski definition) is 4. The maximum Gasteiger partial charge on any atom is 0.275 e. The fourth-order valence-electron chi connectivity index (χ4n) is 4.45. The number of carbonyl (C=O) groups excluding carboxylic acids is 3. The van der Waals surface area contributed by atoms with Crippen LogP contribution in [-0.2, 0) is 17.9 Å². The van der Waals surface area contributed by atoms with Gasteiger partial charge in [-0.1, -0.05) is 37.3 Å². The molecule has 1 aromatic heterocycles. The summed E-state index contributed by atoms with van der Waals surface area (Å²) in [6.45, 7) is 4.88. The van der Waals surface area contributed by atoms with Gasteiger partial charge < -0.3 is 15.1 Å². The number of hydrogen-bond donors (Lipinski definition) is 1. The fourth-order valence-corrected chi connectivity index (χ4v) is 4.45. The number of nitrogens with one attached hydrogen (secondary N) is 1. The molecule has 2 aliphatic rings. The standard InChI is InChI=1S/C24H31N5O3/c1-2-12-25-22(30)20-11-6-7-14-28(20)23(31)19-16-21-24(32)27(13-8-15-29(21)26-19)17-18-9-4-3-5-10-18/h3-5,9-10,16,20H,2,6-8,11-15,17H2,1H3,(H,25,30). The van der Waals surface area contributed by atoms with Crippen LogP contribution in [0.4, 0.5) is 0 Å². The van der Waals surface area contributed by atoms with Crippen LogP contribution in [0.15, 0.2) is 36.4 Å². The Hall–Kier alpha value is -3.16. The topological polar surface area (TPSA) is 87.5 Å². The molecule has 1 aromatic carbocycles. The zero-order valence-corrected chi connectivity index (χ0v) is 18.6. The molecule has 1 N–H and O–H groups in total. The molecule has 4 rings (SSSR count). The zero-order valence-electron chi connectivity index (χ0n) is 18.6. The van der Waals surface area contributed by atoms with Crippen LogP contribution in [0.2, 0.25) is 0 Å². The van der Waals surface area contributed by atoms with Gasteiger partial charge in [-0.05, 0) is 37.7 Å². The van der Waals surface area contributed by atoms with Gasteiger partial charge in [0.25, 0.3) is 11.8 Å². The monoisotopic (exact) mass is 437 g/mol. The van der Waals surface area contributed by atoms with Crippen LogP contribution in [-0.4, -0.2) is 63.0 Å². The molecular formula is C24H31N5O3. The number of nitrogens with zero attached hydrogens (tertiary/aromatic N) is 4. The quantitative estimate of drug-likeness (QED) is 0.752. The van der Waals surface area contributed by atoms with Gasteiger partial charge in [0.1, 0.15) is 11.7 Å². The van der Waals surface area contributed by atoms with Gasteiger partial charge in [-0.3, -0.25) is 19.1 Å². The van der Waals surface area contributed by atoms with Crippen molar-refractivity contribution in [3.63, 3.8) is 0 Å². The van der Waals surface area contributed by atoms with E-state index < -0.39 is 6.04 Å². The van der Waals surface area contributed by atoms with Gasteiger partial charge in [-0.2, -0.15) is 5.10 Å². The van der Waals surface area contributed by atoms with E-state index in [4.69, 9.17) is 0 Å². The third kappa shape index (κ3) is 4.69. The van der Waals surface area contributed by atoms with Crippen molar-refractivity contribution in [1.29, 1.82) is 0 Å². The molecule has 2 aliphatic heterocycles. The third-order valence-electron chi connectivity index (χ3n) is 6.14. The summed E-state index contributed by atoms with van der Waals surface area (Å²) in [7, 11) is 0. The summed E-state index contributed by atoms with van der Waals surface area (Å²) in [5.74, 6) is -0.496. The summed E-state index contributed by atoms with van der Waals surface area (Å²) in [6, 6.07) is 11.0. The van der Waals surface area contributed by atoms with Crippen molar-refractivity contribution in [1.82, 2.24) is 24.9 Å². The SMILES string of the molecule is CCCNC(=O)C1CCCCN1C(=O)c1cc2n(n1)CCCN(Cc1ccccc1)C2=O. The molecule has 8 nitrogen and oxygen atoms in total. The van der Waals surface area contributed by atoms with E-state index in [0.29, 0.717) is 44.8 Å². The highest BCUT2D eigenvalue weighted by Crippen LogP contribution is 2.22. The lowest BCUT2D eigenvalue weighted by atomic mass is 10.0. The maximum absolute atomic E-state index is 13.3. The molecule has 1 saturated heterocycles. The van der Waals surface area contributed by atoms with E-state index in [2.05, 4.69) is 10.4 Å². The molecule has 0 aliphatic carbocycles. The highest BCUT2D eigenvalue weighted by molar-refractivity contribution is 5.99. The summed E-state index contributed by atoms with van der Waals surface area (Å²) in [5.41, 5.74) is 1.75. The number of fused-ring (bicyclic) bond motifs is 1. The first-order valence-corrected chi connectivity index (χ1v) is 11.6. The highest BCUT2D eigenvalue weighted by Gasteiger charge is 2.35. The van der Waals surface area contributed by atoms with Gasteiger partial charge in [0.05, 0.1) is 0 Å². The molecule has 1 fully saturated rings.